The van der Waals surface area contributed by atoms with E-state index in [1.807, 2.05) is 0 Å². The zero-order valence-electron chi connectivity index (χ0n) is 11.7. The molecule has 1 atom stereocenters. The molecule has 0 amide bonds. The molecular formula is C16H12ClF3O3. The Labute approximate surface area is 135 Å². The first-order valence-electron chi connectivity index (χ1n) is 6.54. The lowest BCUT2D eigenvalue weighted by molar-refractivity contribution is -0.144. The second kappa shape index (κ2) is 7.02. The predicted octanol–water partition coefficient (Wildman–Crippen LogP) is 4.55. The molecule has 0 aliphatic rings. The Morgan fingerprint density at radius 2 is 1.83 bits per heavy atom. The largest absolute Gasteiger partial charge is 0.480 e. The second-order valence-electron chi connectivity index (χ2n) is 4.73. The van der Waals surface area contributed by atoms with Crippen LogP contribution >= 0.6 is 11.6 Å². The Morgan fingerprint density at radius 1 is 1.17 bits per heavy atom. The van der Waals surface area contributed by atoms with Gasteiger partial charge < -0.3 is 9.84 Å². The number of aliphatic carboxylic acids is 1. The van der Waals surface area contributed by atoms with Gasteiger partial charge in [0.1, 0.15) is 12.7 Å². The van der Waals surface area contributed by atoms with Crippen LogP contribution in [0, 0.1) is 0 Å². The van der Waals surface area contributed by atoms with Crippen molar-refractivity contribution in [3.05, 3.63) is 70.2 Å². The topological polar surface area (TPSA) is 46.5 Å². The highest BCUT2D eigenvalue weighted by atomic mass is 35.5. The number of hydrogen-bond acceptors (Lipinski definition) is 2. The van der Waals surface area contributed by atoms with Crippen molar-refractivity contribution < 1.29 is 27.8 Å². The Hall–Kier alpha value is -2.05. The molecule has 0 heterocycles. The van der Waals surface area contributed by atoms with E-state index in [9.17, 15) is 18.0 Å². The van der Waals surface area contributed by atoms with E-state index in [4.69, 9.17) is 21.4 Å². The fraction of sp³-hybridized carbons (Fsp3) is 0.188. The number of ether oxygens (including phenoxy) is 1. The molecule has 1 unspecified atom stereocenters. The lowest BCUT2D eigenvalue weighted by atomic mass is 9.99. The van der Waals surface area contributed by atoms with Crippen molar-refractivity contribution in [2.45, 2.75) is 12.3 Å². The highest BCUT2D eigenvalue weighted by Gasteiger charge is 2.32. The quantitative estimate of drug-likeness (QED) is 0.865. The molecule has 0 spiro atoms. The summed E-state index contributed by atoms with van der Waals surface area (Å²) in [5.74, 6) is -1.23. The molecule has 122 valence electrons. The fourth-order valence-electron chi connectivity index (χ4n) is 2.07. The lowest BCUT2D eigenvalue weighted by Gasteiger charge is -2.20. The molecular weight excluding hydrogens is 333 g/mol. The van der Waals surface area contributed by atoms with Crippen molar-refractivity contribution in [1.29, 1.82) is 0 Å². The molecule has 2 rings (SSSR count). The van der Waals surface area contributed by atoms with Gasteiger partial charge in [-0.05, 0) is 23.8 Å². The number of hydrogen-bond donors (Lipinski definition) is 1. The van der Waals surface area contributed by atoms with E-state index >= 15 is 0 Å². The molecule has 0 aliphatic heterocycles. The standard InChI is InChI=1S/C16H12ClF3O3/c17-13-7-6-11(16(18,19)20)8-12(13)15(23-9-14(21)22)10-4-2-1-3-5-10/h1-8,15H,9H2,(H,21,22). The molecule has 0 radical (unpaired) electrons. The van der Waals surface area contributed by atoms with Crippen LogP contribution in [-0.2, 0) is 15.7 Å². The second-order valence-corrected chi connectivity index (χ2v) is 5.14. The molecule has 0 bridgehead atoms. The summed E-state index contributed by atoms with van der Waals surface area (Å²) in [6, 6.07) is 11.2. The SMILES string of the molecule is O=C(O)COC(c1ccccc1)c1cc(C(F)(F)F)ccc1Cl. The van der Waals surface area contributed by atoms with Gasteiger partial charge in [-0.15, -0.1) is 0 Å². The van der Waals surface area contributed by atoms with Crippen LogP contribution in [0.1, 0.15) is 22.8 Å². The molecule has 0 saturated carbocycles. The predicted molar refractivity (Wildman–Crippen MR) is 78.3 cm³/mol. The van der Waals surface area contributed by atoms with Gasteiger partial charge in [-0.25, -0.2) is 4.79 Å². The normalized spacial score (nSPS) is 12.9. The third-order valence-electron chi connectivity index (χ3n) is 3.08. The number of halogens is 4. The van der Waals surface area contributed by atoms with Gasteiger partial charge in [0.25, 0.3) is 0 Å². The van der Waals surface area contributed by atoms with Crippen LogP contribution in [-0.4, -0.2) is 17.7 Å². The monoisotopic (exact) mass is 344 g/mol. The minimum absolute atomic E-state index is 0.0638. The van der Waals surface area contributed by atoms with Crippen LogP contribution in [0.3, 0.4) is 0 Å². The Bertz CT molecular complexity index is 687. The summed E-state index contributed by atoms with van der Waals surface area (Å²) >= 11 is 6.01. The van der Waals surface area contributed by atoms with Crippen molar-refractivity contribution in [3.63, 3.8) is 0 Å². The molecule has 0 aliphatic carbocycles. The molecule has 0 fully saturated rings. The lowest BCUT2D eigenvalue weighted by Crippen LogP contribution is -2.15. The number of benzene rings is 2. The van der Waals surface area contributed by atoms with Crippen molar-refractivity contribution in [2.75, 3.05) is 6.61 Å². The van der Waals surface area contributed by atoms with Gasteiger partial charge in [0.15, 0.2) is 0 Å². The first kappa shape index (κ1) is 17.3. The van der Waals surface area contributed by atoms with Crippen molar-refractivity contribution in [1.82, 2.24) is 0 Å². The maximum atomic E-state index is 12.9. The van der Waals surface area contributed by atoms with E-state index < -0.39 is 30.4 Å². The average molecular weight is 345 g/mol. The maximum Gasteiger partial charge on any atom is 0.416 e. The van der Waals surface area contributed by atoms with E-state index in [-0.39, 0.29) is 10.6 Å². The molecule has 2 aromatic carbocycles. The first-order valence-corrected chi connectivity index (χ1v) is 6.92. The van der Waals surface area contributed by atoms with Gasteiger partial charge in [-0.2, -0.15) is 13.2 Å². The van der Waals surface area contributed by atoms with E-state index in [1.165, 1.54) is 0 Å². The highest BCUT2D eigenvalue weighted by molar-refractivity contribution is 6.31. The zero-order chi connectivity index (χ0) is 17.0. The molecule has 2 aromatic rings. The van der Waals surface area contributed by atoms with Gasteiger partial charge >= 0.3 is 12.1 Å². The molecule has 3 nitrogen and oxygen atoms in total. The summed E-state index contributed by atoms with van der Waals surface area (Å²) < 4.78 is 44.0. The fourth-order valence-corrected chi connectivity index (χ4v) is 2.29. The van der Waals surface area contributed by atoms with Gasteiger partial charge in [-0.1, -0.05) is 41.9 Å². The summed E-state index contributed by atoms with van der Waals surface area (Å²) in [5.41, 5.74) is -0.305. The highest BCUT2D eigenvalue weighted by Crippen LogP contribution is 2.37. The Morgan fingerprint density at radius 3 is 2.39 bits per heavy atom. The molecule has 0 saturated heterocycles. The Balaban J connectivity index is 2.48. The van der Waals surface area contributed by atoms with E-state index in [0.29, 0.717) is 5.56 Å². The number of carbonyl (C=O) groups is 1. The van der Waals surface area contributed by atoms with Crippen LogP contribution in [0.15, 0.2) is 48.5 Å². The first-order chi connectivity index (χ1) is 10.8. The summed E-state index contributed by atoms with van der Waals surface area (Å²) in [6.45, 7) is -0.661. The zero-order valence-corrected chi connectivity index (χ0v) is 12.4. The summed E-state index contributed by atoms with van der Waals surface area (Å²) in [7, 11) is 0. The van der Waals surface area contributed by atoms with Crippen molar-refractivity contribution in [3.8, 4) is 0 Å². The number of carboxylic acid groups (broad SMARTS) is 1. The van der Waals surface area contributed by atoms with Crippen molar-refractivity contribution in [2.24, 2.45) is 0 Å². The van der Waals surface area contributed by atoms with Gasteiger partial charge in [0.2, 0.25) is 0 Å². The minimum atomic E-state index is -4.53. The molecule has 0 aromatic heterocycles. The summed E-state index contributed by atoms with van der Waals surface area (Å²) in [4.78, 5) is 10.7. The van der Waals surface area contributed by atoms with Gasteiger partial charge in [0.05, 0.1) is 5.56 Å². The summed E-state index contributed by atoms with van der Waals surface area (Å²) in [5, 5.41) is 8.84. The maximum absolute atomic E-state index is 12.9. The van der Waals surface area contributed by atoms with E-state index in [0.717, 1.165) is 18.2 Å². The van der Waals surface area contributed by atoms with Crippen LogP contribution in [0.2, 0.25) is 5.02 Å². The van der Waals surface area contributed by atoms with E-state index in [2.05, 4.69) is 0 Å². The van der Waals surface area contributed by atoms with Crippen LogP contribution in [0.4, 0.5) is 13.2 Å². The third kappa shape index (κ3) is 4.46. The number of rotatable bonds is 5. The number of carboxylic acids is 1. The molecule has 7 heteroatoms. The van der Waals surface area contributed by atoms with Crippen LogP contribution in [0.5, 0.6) is 0 Å². The molecule has 23 heavy (non-hydrogen) atoms. The van der Waals surface area contributed by atoms with Crippen molar-refractivity contribution >= 4 is 17.6 Å². The van der Waals surface area contributed by atoms with Gasteiger partial charge in [0, 0.05) is 10.6 Å². The molecule has 1 N–H and O–H groups in total. The minimum Gasteiger partial charge on any atom is -0.480 e. The average Bonchev–Trinajstić information content (AvgIpc) is 2.48. The summed E-state index contributed by atoms with van der Waals surface area (Å²) in [6.07, 6.45) is -5.55. The third-order valence-corrected chi connectivity index (χ3v) is 3.43. The smallest absolute Gasteiger partial charge is 0.416 e. The Kier molecular flexibility index (Phi) is 5.28. The van der Waals surface area contributed by atoms with Crippen LogP contribution in [0.25, 0.3) is 0 Å². The van der Waals surface area contributed by atoms with Gasteiger partial charge in [-0.3, -0.25) is 0 Å². The number of alkyl halides is 3. The van der Waals surface area contributed by atoms with Crippen LogP contribution < -0.4 is 0 Å². The van der Waals surface area contributed by atoms with E-state index in [1.54, 1.807) is 30.3 Å².